The first-order valence-corrected chi connectivity index (χ1v) is 14.1. The van der Waals surface area contributed by atoms with Crippen molar-refractivity contribution in [1.82, 2.24) is 10.2 Å². The van der Waals surface area contributed by atoms with Crippen LogP contribution in [0.25, 0.3) is 0 Å². The van der Waals surface area contributed by atoms with Gasteiger partial charge in [-0.25, -0.2) is 0 Å². The molecule has 3 aromatic rings. The van der Waals surface area contributed by atoms with E-state index in [0.717, 1.165) is 29.5 Å². The van der Waals surface area contributed by atoms with Crippen molar-refractivity contribution in [2.75, 3.05) is 12.3 Å². The quantitative estimate of drug-likeness (QED) is 0.242. The molecule has 7 heteroatoms. The molecular formula is C29H32Cl2N2O2S. The van der Waals surface area contributed by atoms with Gasteiger partial charge in [0.05, 0.1) is 15.8 Å². The smallest absolute Gasteiger partial charge is 0.243 e. The Balaban J connectivity index is 1.80. The van der Waals surface area contributed by atoms with Crippen LogP contribution >= 0.6 is 35.0 Å². The molecule has 0 aliphatic heterocycles. The molecule has 0 saturated carbocycles. The molecule has 1 N–H and O–H groups in total. The van der Waals surface area contributed by atoms with E-state index in [2.05, 4.69) is 12.2 Å². The van der Waals surface area contributed by atoms with Crippen LogP contribution in [0.4, 0.5) is 0 Å². The number of amides is 2. The van der Waals surface area contributed by atoms with E-state index in [0.29, 0.717) is 35.3 Å². The summed E-state index contributed by atoms with van der Waals surface area (Å²) >= 11 is 13.7. The molecule has 0 aliphatic rings. The van der Waals surface area contributed by atoms with E-state index >= 15 is 0 Å². The van der Waals surface area contributed by atoms with Crippen LogP contribution in [0.15, 0.2) is 78.9 Å². The van der Waals surface area contributed by atoms with E-state index in [1.807, 2.05) is 72.8 Å². The molecule has 0 aliphatic carbocycles. The maximum Gasteiger partial charge on any atom is 0.243 e. The van der Waals surface area contributed by atoms with Crippen LogP contribution in [0, 0.1) is 0 Å². The van der Waals surface area contributed by atoms with Crippen LogP contribution in [-0.4, -0.2) is 35.1 Å². The molecule has 4 nitrogen and oxygen atoms in total. The van der Waals surface area contributed by atoms with Crippen molar-refractivity contribution in [2.24, 2.45) is 0 Å². The summed E-state index contributed by atoms with van der Waals surface area (Å²) in [6.07, 6.45) is 2.34. The SMILES string of the molecule is CCCCNC(=O)C(Cc1ccccc1)N(Cc1ccccc1)C(=O)CSCc1ccc(Cl)c(Cl)c1. The minimum atomic E-state index is -0.609. The standard InChI is InChI=1S/C29H32Cl2N2O2S/c1-2-3-16-32-29(35)27(18-22-10-6-4-7-11-22)33(19-23-12-8-5-9-13-23)28(34)21-36-20-24-14-15-25(30)26(31)17-24/h4-15,17,27H,2-3,16,18-21H2,1H3,(H,32,35). The van der Waals surface area contributed by atoms with Crippen LogP contribution in [0.1, 0.15) is 36.5 Å². The van der Waals surface area contributed by atoms with Gasteiger partial charge >= 0.3 is 0 Å². The van der Waals surface area contributed by atoms with Crippen LogP contribution in [0.2, 0.25) is 10.0 Å². The third-order valence-electron chi connectivity index (χ3n) is 5.77. The number of carbonyl (C=O) groups is 2. The first kappa shape index (κ1) is 28.1. The molecule has 1 unspecified atom stereocenters. The van der Waals surface area contributed by atoms with Gasteiger partial charge in [-0.2, -0.15) is 0 Å². The van der Waals surface area contributed by atoms with Gasteiger partial charge in [0.2, 0.25) is 11.8 Å². The van der Waals surface area contributed by atoms with Gasteiger partial charge < -0.3 is 10.2 Å². The molecular weight excluding hydrogens is 511 g/mol. The van der Waals surface area contributed by atoms with Crippen LogP contribution in [0.3, 0.4) is 0 Å². The molecule has 0 bridgehead atoms. The Labute approximate surface area is 228 Å². The highest BCUT2D eigenvalue weighted by atomic mass is 35.5. The van der Waals surface area contributed by atoms with E-state index in [4.69, 9.17) is 23.2 Å². The lowest BCUT2D eigenvalue weighted by Gasteiger charge is -2.31. The second-order valence-electron chi connectivity index (χ2n) is 8.60. The highest BCUT2D eigenvalue weighted by molar-refractivity contribution is 7.99. The van der Waals surface area contributed by atoms with Crippen molar-refractivity contribution in [1.29, 1.82) is 0 Å². The molecule has 0 spiro atoms. The second-order valence-corrected chi connectivity index (χ2v) is 10.4. The van der Waals surface area contributed by atoms with Gasteiger partial charge in [0, 0.05) is 25.3 Å². The van der Waals surface area contributed by atoms with E-state index in [1.54, 1.807) is 11.0 Å². The predicted octanol–water partition coefficient (Wildman–Crippen LogP) is 6.78. The zero-order chi connectivity index (χ0) is 25.8. The van der Waals surface area contributed by atoms with Crippen molar-refractivity contribution in [3.63, 3.8) is 0 Å². The lowest BCUT2D eigenvalue weighted by atomic mass is 10.0. The Morgan fingerprint density at radius 2 is 1.56 bits per heavy atom. The van der Waals surface area contributed by atoms with Crippen molar-refractivity contribution < 1.29 is 9.59 Å². The summed E-state index contributed by atoms with van der Waals surface area (Å²) < 4.78 is 0. The molecule has 3 rings (SSSR count). The largest absolute Gasteiger partial charge is 0.354 e. The molecule has 0 saturated heterocycles. The third kappa shape index (κ3) is 8.88. The number of thioether (sulfide) groups is 1. The van der Waals surface area contributed by atoms with E-state index in [9.17, 15) is 9.59 Å². The monoisotopic (exact) mass is 542 g/mol. The minimum Gasteiger partial charge on any atom is -0.354 e. The molecule has 36 heavy (non-hydrogen) atoms. The Morgan fingerprint density at radius 1 is 0.889 bits per heavy atom. The van der Waals surface area contributed by atoms with Crippen molar-refractivity contribution >= 4 is 46.8 Å². The maximum absolute atomic E-state index is 13.6. The Bertz CT molecular complexity index is 1110. The second kappa shape index (κ2) is 14.9. The van der Waals surface area contributed by atoms with Crippen LogP contribution in [0.5, 0.6) is 0 Å². The molecule has 0 heterocycles. The summed E-state index contributed by atoms with van der Waals surface area (Å²) in [5, 5.41) is 4.06. The van der Waals surface area contributed by atoms with Gasteiger partial charge in [-0.3, -0.25) is 9.59 Å². The van der Waals surface area contributed by atoms with Gasteiger partial charge in [-0.15, -0.1) is 11.8 Å². The van der Waals surface area contributed by atoms with E-state index in [1.165, 1.54) is 11.8 Å². The number of rotatable bonds is 13. The number of nitrogens with one attached hydrogen (secondary N) is 1. The maximum atomic E-state index is 13.6. The summed E-state index contributed by atoms with van der Waals surface area (Å²) in [4.78, 5) is 28.7. The fourth-order valence-electron chi connectivity index (χ4n) is 3.81. The topological polar surface area (TPSA) is 49.4 Å². The molecule has 3 aromatic carbocycles. The zero-order valence-electron chi connectivity index (χ0n) is 20.5. The van der Waals surface area contributed by atoms with Crippen LogP contribution < -0.4 is 5.32 Å². The average Bonchev–Trinajstić information content (AvgIpc) is 2.89. The molecule has 0 radical (unpaired) electrons. The van der Waals surface area contributed by atoms with Gasteiger partial charge in [-0.1, -0.05) is 103 Å². The number of hydrogen-bond acceptors (Lipinski definition) is 3. The number of nitrogens with zero attached hydrogens (tertiary/aromatic N) is 1. The van der Waals surface area contributed by atoms with Crippen LogP contribution in [-0.2, 0) is 28.3 Å². The number of hydrogen-bond donors (Lipinski definition) is 1. The molecule has 0 aromatic heterocycles. The van der Waals surface area contributed by atoms with Crippen molar-refractivity contribution in [3.8, 4) is 0 Å². The van der Waals surface area contributed by atoms with E-state index < -0.39 is 6.04 Å². The molecule has 2 amide bonds. The summed E-state index contributed by atoms with van der Waals surface area (Å²) in [5.74, 6) is 0.677. The van der Waals surface area contributed by atoms with Gasteiger partial charge in [0.15, 0.2) is 0 Å². The highest BCUT2D eigenvalue weighted by Crippen LogP contribution is 2.25. The fraction of sp³-hybridized carbons (Fsp3) is 0.310. The fourth-order valence-corrected chi connectivity index (χ4v) is 4.99. The highest BCUT2D eigenvalue weighted by Gasteiger charge is 2.30. The Hall–Kier alpha value is -2.47. The Morgan fingerprint density at radius 3 is 2.19 bits per heavy atom. The number of benzene rings is 3. The molecule has 0 fully saturated rings. The summed E-state index contributed by atoms with van der Waals surface area (Å²) in [6, 6.07) is 24.6. The first-order chi connectivity index (χ1) is 17.5. The minimum absolute atomic E-state index is 0.0736. The van der Waals surface area contributed by atoms with Crippen molar-refractivity contribution in [3.05, 3.63) is 106 Å². The normalized spacial score (nSPS) is 11.6. The number of unbranched alkanes of at least 4 members (excludes halogenated alkanes) is 1. The number of halogens is 2. The van der Waals surface area contributed by atoms with Crippen molar-refractivity contribution in [2.45, 2.75) is 44.5 Å². The summed E-state index contributed by atoms with van der Waals surface area (Å²) in [6.45, 7) is 3.05. The van der Waals surface area contributed by atoms with E-state index in [-0.39, 0.29) is 17.6 Å². The van der Waals surface area contributed by atoms with Gasteiger partial charge in [0.25, 0.3) is 0 Å². The summed E-state index contributed by atoms with van der Waals surface area (Å²) in [5.41, 5.74) is 3.00. The molecule has 190 valence electrons. The molecule has 1 atom stereocenters. The summed E-state index contributed by atoms with van der Waals surface area (Å²) in [7, 11) is 0. The first-order valence-electron chi connectivity index (χ1n) is 12.1. The lowest BCUT2D eigenvalue weighted by molar-refractivity contribution is -0.139. The third-order valence-corrected chi connectivity index (χ3v) is 7.50. The predicted molar refractivity (Wildman–Crippen MR) is 151 cm³/mol. The zero-order valence-corrected chi connectivity index (χ0v) is 22.8. The van der Waals surface area contributed by atoms with Gasteiger partial charge in [-0.05, 0) is 35.2 Å². The van der Waals surface area contributed by atoms with Gasteiger partial charge in [0.1, 0.15) is 6.04 Å². The lowest BCUT2D eigenvalue weighted by Crippen LogP contribution is -2.51. The number of carbonyl (C=O) groups excluding carboxylic acids is 2. The average molecular weight is 544 g/mol. The Kier molecular flexibility index (Phi) is 11.7.